The molecular formula is C14H17NOS. The van der Waals surface area contributed by atoms with Crippen LogP contribution in [-0.4, -0.2) is 10.1 Å². The van der Waals surface area contributed by atoms with Crippen molar-refractivity contribution in [1.29, 1.82) is 0 Å². The van der Waals surface area contributed by atoms with Crippen molar-refractivity contribution in [1.82, 2.24) is 4.98 Å². The lowest BCUT2D eigenvalue weighted by Gasteiger charge is -2.13. The van der Waals surface area contributed by atoms with Crippen LogP contribution in [0.1, 0.15) is 34.2 Å². The zero-order valence-electron chi connectivity index (χ0n) is 10.2. The third-order valence-electron chi connectivity index (χ3n) is 2.91. The van der Waals surface area contributed by atoms with Crippen LogP contribution in [0, 0.1) is 13.8 Å². The number of aliphatic hydroxyl groups excluding tert-OH is 1. The van der Waals surface area contributed by atoms with Crippen LogP contribution in [0.25, 0.3) is 0 Å². The number of aliphatic hydroxyl groups is 1. The second-order valence-electron chi connectivity index (χ2n) is 4.34. The van der Waals surface area contributed by atoms with Crippen LogP contribution in [0.15, 0.2) is 29.8 Å². The zero-order chi connectivity index (χ0) is 12.3. The molecule has 0 aliphatic carbocycles. The molecule has 0 amide bonds. The Kier molecular flexibility index (Phi) is 3.92. The van der Waals surface area contributed by atoms with Gasteiger partial charge in [0, 0.05) is 18.0 Å². The van der Waals surface area contributed by atoms with E-state index in [4.69, 9.17) is 0 Å². The fourth-order valence-corrected chi connectivity index (χ4v) is 2.55. The first kappa shape index (κ1) is 12.3. The molecule has 1 N–H and O–H groups in total. The lowest BCUT2D eigenvalue weighted by Crippen LogP contribution is -2.02. The van der Waals surface area contributed by atoms with Crippen LogP contribution >= 0.6 is 11.3 Å². The van der Waals surface area contributed by atoms with Gasteiger partial charge in [0.2, 0.25) is 0 Å². The highest BCUT2D eigenvalue weighted by Gasteiger charge is 2.11. The second kappa shape index (κ2) is 5.43. The highest BCUT2D eigenvalue weighted by Crippen LogP contribution is 2.23. The summed E-state index contributed by atoms with van der Waals surface area (Å²) in [5.41, 5.74) is 3.39. The van der Waals surface area contributed by atoms with Crippen molar-refractivity contribution >= 4 is 11.3 Å². The van der Waals surface area contributed by atoms with E-state index in [2.05, 4.69) is 30.1 Å². The Bertz CT molecular complexity index is 479. The topological polar surface area (TPSA) is 33.1 Å². The minimum absolute atomic E-state index is 0.390. The Morgan fingerprint density at radius 3 is 2.88 bits per heavy atom. The number of nitrogens with zero attached hydrogens (tertiary/aromatic N) is 1. The van der Waals surface area contributed by atoms with E-state index in [-0.39, 0.29) is 0 Å². The Hall–Kier alpha value is -1.19. The Balaban J connectivity index is 2.04. The molecule has 3 heteroatoms. The smallest absolute Gasteiger partial charge is 0.0925 e. The summed E-state index contributed by atoms with van der Waals surface area (Å²) < 4.78 is 0. The van der Waals surface area contributed by atoms with E-state index in [9.17, 15) is 5.11 Å². The molecule has 90 valence electrons. The number of benzene rings is 1. The normalized spacial score (nSPS) is 12.6. The Morgan fingerprint density at radius 2 is 2.18 bits per heavy atom. The van der Waals surface area contributed by atoms with Crippen LogP contribution in [0.4, 0.5) is 0 Å². The molecule has 0 aliphatic rings. The van der Waals surface area contributed by atoms with Gasteiger partial charge in [0.15, 0.2) is 0 Å². The van der Waals surface area contributed by atoms with E-state index < -0.39 is 6.10 Å². The van der Waals surface area contributed by atoms with Crippen LogP contribution in [0.2, 0.25) is 0 Å². The molecule has 1 aromatic carbocycles. The van der Waals surface area contributed by atoms with E-state index in [1.807, 2.05) is 18.5 Å². The number of rotatable bonds is 4. The SMILES string of the molecule is Cc1ccc(C)c(C(O)CCc2nccs2)c1. The third kappa shape index (κ3) is 3.14. The first-order valence-corrected chi connectivity index (χ1v) is 6.68. The number of hydrogen-bond donors (Lipinski definition) is 1. The molecule has 0 saturated carbocycles. The van der Waals surface area contributed by atoms with E-state index in [1.54, 1.807) is 11.3 Å². The van der Waals surface area contributed by atoms with E-state index in [1.165, 1.54) is 5.56 Å². The summed E-state index contributed by atoms with van der Waals surface area (Å²) in [4.78, 5) is 4.23. The fraction of sp³-hybridized carbons (Fsp3) is 0.357. The van der Waals surface area contributed by atoms with Gasteiger partial charge in [-0.2, -0.15) is 0 Å². The molecule has 1 unspecified atom stereocenters. The standard InChI is InChI=1S/C14H17NOS/c1-10-3-4-11(2)12(9-10)13(16)5-6-14-15-7-8-17-14/h3-4,7-9,13,16H,5-6H2,1-2H3. The number of aromatic nitrogens is 1. The van der Waals surface area contributed by atoms with E-state index in [0.717, 1.165) is 29.0 Å². The maximum Gasteiger partial charge on any atom is 0.0925 e. The highest BCUT2D eigenvalue weighted by atomic mass is 32.1. The third-order valence-corrected chi connectivity index (χ3v) is 3.75. The van der Waals surface area contributed by atoms with Crippen LogP contribution < -0.4 is 0 Å². The molecular weight excluding hydrogens is 230 g/mol. The molecule has 0 radical (unpaired) electrons. The molecule has 17 heavy (non-hydrogen) atoms. The lowest BCUT2D eigenvalue weighted by atomic mass is 9.98. The predicted octanol–water partition coefficient (Wildman–Crippen LogP) is 3.43. The first-order valence-electron chi connectivity index (χ1n) is 5.80. The maximum absolute atomic E-state index is 10.2. The van der Waals surface area contributed by atoms with Crippen molar-refractivity contribution < 1.29 is 5.11 Å². The molecule has 0 bridgehead atoms. The van der Waals surface area contributed by atoms with Gasteiger partial charge >= 0.3 is 0 Å². The quantitative estimate of drug-likeness (QED) is 0.898. The summed E-state index contributed by atoms with van der Waals surface area (Å²) in [6, 6.07) is 6.21. The average Bonchev–Trinajstić information content (AvgIpc) is 2.82. The van der Waals surface area contributed by atoms with Crippen LogP contribution in [0.5, 0.6) is 0 Å². The lowest BCUT2D eigenvalue weighted by molar-refractivity contribution is 0.167. The van der Waals surface area contributed by atoms with Gasteiger partial charge in [0.25, 0.3) is 0 Å². The van der Waals surface area contributed by atoms with E-state index >= 15 is 0 Å². The molecule has 2 rings (SSSR count). The summed E-state index contributed by atoms with van der Waals surface area (Å²) in [5, 5.41) is 13.3. The molecule has 2 nitrogen and oxygen atoms in total. The molecule has 0 fully saturated rings. The second-order valence-corrected chi connectivity index (χ2v) is 5.32. The predicted molar refractivity (Wildman–Crippen MR) is 71.3 cm³/mol. The summed E-state index contributed by atoms with van der Waals surface area (Å²) in [5.74, 6) is 0. The van der Waals surface area contributed by atoms with E-state index in [0.29, 0.717) is 0 Å². The average molecular weight is 247 g/mol. The molecule has 1 aromatic heterocycles. The highest BCUT2D eigenvalue weighted by molar-refractivity contribution is 7.09. The minimum Gasteiger partial charge on any atom is -0.388 e. The fourth-order valence-electron chi connectivity index (χ4n) is 1.91. The van der Waals surface area contributed by atoms with Crippen LogP contribution in [0.3, 0.4) is 0 Å². The van der Waals surface area contributed by atoms with Gasteiger partial charge in [-0.05, 0) is 31.4 Å². The van der Waals surface area contributed by atoms with Crippen LogP contribution in [-0.2, 0) is 6.42 Å². The minimum atomic E-state index is -0.390. The number of aryl methyl sites for hydroxylation is 3. The van der Waals surface area contributed by atoms with Crippen molar-refractivity contribution in [3.8, 4) is 0 Å². The molecule has 0 spiro atoms. The van der Waals surface area contributed by atoms with Crippen molar-refractivity contribution in [3.05, 3.63) is 51.5 Å². The van der Waals surface area contributed by atoms with Gasteiger partial charge in [0.1, 0.15) is 0 Å². The molecule has 1 atom stereocenters. The Morgan fingerprint density at radius 1 is 1.35 bits per heavy atom. The molecule has 0 saturated heterocycles. The molecule has 1 heterocycles. The van der Waals surface area contributed by atoms with Crippen molar-refractivity contribution in [2.75, 3.05) is 0 Å². The Labute approximate surface area is 106 Å². The van der Waals surface area contributed by atoms with Gasteiger partial charge < -0.3 is 5.11 Å². The number of hydrogen-bond acceptors (Lipinski definition) is 3. The largest absolute Gasteiger partial charge is 0.388 e. The van der Waals surface area contributed by atoms with Gasteiger partial charge in [-0.3, -0.25) is 0 Å². The van der Waals surface area contributed by atoms with Gasteiger partial charge in [-0.15, -0.1) is 11.3 Å². The maximum atomic E-state index is 10.2. The van der Waals surface area contributed by atoms with Gasteiger partial charge in [0.05, 0.1) is 11.1 Å². The number of thiazole rings is 1. The summed E-state index contributed by atoms with van der Waals surface area (Å²) in [6.07, 6.45) is 2.99. The monoisotopic (exact) mass is 247 g/mol. The first-order chi connectivity index (χ1) is 8.16. The van der Waals surface area contributed by atoms with Gasteiger partial charge in [-0.25, -0.2) is 4.98 Å². The molecule has 2 aromatic rings. The molecule has 0 aliphatic heterocycles. The van der Waals surface area contributed by atoms with Crippen molar-refractivity contribution in [3.63, 3.8) is 0 Å². The summed E-state index contributed by atoms with van der Waals surface area (Å²) in [7, 11) is 0. The summed E-state index contributed by atoms with van der Waals surface area (Å²) in [6.45, 7) is 4.10. The zero-order valence-corrected chi connectivity index (χ0v) is 11.0. The van der Waals surface area contributed by atoms with Gasteiger partial charge in [-0.1, -0.05) is 23.8 Å². The summed E-state index contributed by atoms with van der Waals surface area (Å²) >= 11 is 1.65. The van der Waals surface area contributed by atoms with Crippen molar-refractivity contribution in [2.24, 2.45) is 0 Å². The van der Waals surface area contributed by atoms with Crippen molar-refractivity contribution in [2.45, 2.75) is 32.8 Å².